The highest BCUT2D eigenvalue weighted by molar-refractivity contribution is 7.79. The summed E-state index contributed by atoms with van der Waals surface area (Å²) in [4.78, 5) is 4.81. The van der Waals surface area contributed by atoms with Gasteiger partial charge in [-0.3, -0.25) is 0 Å². The van der Waals surface area contributed by atoms with Crippen molar-refractivity contribution in [1.82, 2.24) is 0 Å². The van der Waals surface area contributed by atoms with Gasteiger partial charge in [0, 0.05) is 5.56 Å². The number of aliphatic imine (C=N–C) groups is 1. The molecule has 0 bridgehead atoms. The van der Waals surface area contributed by atoms with Crippen LogP contribution in [0.15, 0.2) is 89.9 Å². The van der Waals surface area contributed by atoms with Crippen molar-refractivity contribution in [1.29, 1.82) is 0 Å². The van der Waals surface area contributed by atoms with E-state index in [0.29, 0.717) is 12.5 Å². The number of nitrogens with zero attached hydrogens (tertiary/aromatic N) is 1. The van der Waals surface area contributed by atoms with Crippen molar-refractivity contribution in [2.75, 3.05) is 6.61 Å². The van der Waals surface area contributed by atoms with Crippen LogP contribution in [0.3, 0.4) is 0 Å². The van der Waals surface area contributed by atoms with Gasteiger partial charge in [-0.25, -0.2) is 4.99 Å². The molecule has 0 aromatic heterocycles. The van der Waals surface area contributed by atoms with Crippen molar-refractivity contribution in [2.24, 2.45) is 10.9 Å². The van der Waals surface area contributed by atoms with Gasteiger partial charge in [0.1, 0.15) is 6.61 Å². The molecular formula is C24H24NOP. The number of benzene rings is 3. The molecule has 0 saturated heterocycles. The van der Waals surface area contributed by atoms with Gasteiger partial charge in [-0.05, 0) is 41.9 Å². The number of hydrogen-bond donors (Lipinski definition) is 0. The van der Waals surface area contributed by atoms with Crippen molar-refractivity contribution in [2.45, 2.75) is 19.9 Å². The number of hydrogen-bond acceptors (Lipinski definition) is 2. The first-order valence-electron chi connectivity index (χ1n) is 9.43. The largest absolute Gasteiger partial charge is 0.475 e. The van der Waals surface area contributed by atoms with Crippen LogP contribution < -0.4 is 15.9 Å². The quantitative estimate of drug-likeness (QED) is 0.613. The minimum atomic E-state index is -0.611. The van der Waals surface area contributed by atoms with E-state index in [-0.39, 0.29) is 6.04 Å². The minimum absolute atomic E-state index is 0.258. The van der Waals surface area contributed by atoms with Gasteiger partial charge in [0.25, 0.3) is 0 Å². The smallest absolute Gasteiger partial charge is 0.216 e. The maximum absolute atomic E-state index is 5.92. The Labute approximate surface area is 162 Å². The minimum Gasteiger partial charge on any atom is -0.475 e. The molecule has 3 aromatic carbocycles. The van der Waals surface area contributed by atoms with Crippen molar-refractivity contribution in [3.05, 3.63) is 90.5 Å². The van der Waals surface area contributed by atoms with Crippen molar-refractivity contribution in [3.63, 3.8) is 0 Å². The summed E-state index contributed by atoms with van der Waals surface area (Å²) in [6, 6.07) is 30.5. The molecule has 0 saturated carbocycles. The predicted molar refractivity (Wildman–Crippen MR) is 116 cm³/mol. The van der Waals surface area contributed by atoms with Gasteiger partial charge in [0.05, 0.1) is 6.04 Å². The maximum atomic E-state index is 5.92. The molecule has 0 fully saturated rings. The highest BCUT2D eigenvalue weighted by Crippen LogP contribution is 2.33. The van der Waals surface area contributed by atoms with Gasteiger partial charge in [-0.1, -0.05) is 86.6 Å². The number of rotatable bonds is 5. The normalized spacial score (nSPS) is 16.4. The van der Waals surface area contributed by atoms with Crippen molar-refractivity contribution < 1.29 is 4.74 Å². The lowest BCUT2D eigenvalue weighted by molar-refractivity contribution is 0.292. The third-order valence-electron chi connectivity index (χ3n) is 4.82. The third kappa shape index (κ3) is 3.96. The summed E-state index contributed by atoms with van der Waals surface area (Å²) < 4.78 is 5.92. The highest BCUT2D eigenvalue weighted by atomic mass is 31.1. The van der Waals surface area contributed by atoms with E-state index in [0.717, 1.165) is 11.5 Å². The molecule has 3 aromatic rings. The SMILES string of the molecule is CC(C)C1COC(c2cccc(P(c3ccccc3)c3ccccc3)c2)=N1. The molecule has 1 unspecified atom stereocenters. The number of ether oxygens (including phenoxy) is 1. The summed E-state index contributed by atoms with van der Waals surface area (Å²) >= 11 is 0. The molecule has 0 amide bonds. The molecule has 4 rings (SSSR count). The monoisotopic (exact) mass is 373 g/mol. The molecule has 3 heteroatoms. The zero-order valence-electron chi connectivity index (χ0n) is 15.7. The fraction of sp³-hybridized carbons (Fsp3) is 0.208. The Bertz CT molecular complexity index is 882. The topological polar surface area (TPSA) is 21.6 Å². The molecule has 1 atom stereocenters. The van der Waals surface area contributed by atoms with E-state index in [1.54, 1.807) is 0 Å². The highest BCUT2D eigenvalue weighted by Gasteiger charge is 2.24. The summed E-state index contributed by atoms with van der Waals surface area (Å²) in [5, 5.41) is 4.02. The Kier molecular flexibility index (Phi) is 5.36. The zero-order chi connectivity index (χ0) is 18.6. The molecule has 0 radical (unpaired) electrons. The molecule has 1 heterocycles. The van der Waals surface area contributed by atoms with Gasteiger partial charge < -0.3 is 4.74 Å². The zero-order valence-corrected chi connectivity index (χ0v) is 16.6. The average molecular weight is 373 g/mol. The van der Waals surface area contributed by atoms with E-state index >= 15 is 0 Å². The Balaban J connectivity index is 1.75. The summed E-state index contributed by atoms with van der Waals surface area (Å²) in [5.41, 5.74) is 1.08. The standard InChI is InChI=1S/C24H24NOP/c1-18(2)23-17-26-24(25-23)19-10-9-15-22(16-19)27(20-11-5-3-6-12-20)21-13-7-4-8-14-21/h3-16,18,23H,17H2,1-2H3. The second kappa shape index (κ2) is 8.06. The van der Waals surface area contributed by atoms with E-state index in [4.69, 9.17) is 9.73 Å². The average Bonchev–Trinajstić information content (AvgIpc) is 3.21. The second-order valence-corrected chi connectivity index (χ2v) is 9.33. The Morgan fingerprint density at radius 1 is 0.815 bits per heavy atom. The van der Waals surface area contributed by atoms with Crippen molar-refractivity contribution >= 4 is 29.7 Å². The van der Waals surface area contributed by atoms with Crippen molar-refractivity contribution in [3.8, 4) is 0 Å². The van der Waals surface area contributed by atoms with Crippen LogP contribution in [0.25, 0.3) is 0 Å². The van der Waals surface area contributed by atoms with Crippen LogP contribution in [0.4, 0.5) is 0 Å². The molecule has 136 valence electrons. The van der Waals surface area contributed by atoms with Crippen LogP contribution in [-0.2, 0) is 4.74 Å². The molecule has 2 nitrogen and oxygen atoms in total. The molecule has 0 aliphatic carbocycles. The van der Waals surface area contributed by atoms with E-state index in [1.165, 1.54) is 15.9 Å². The Morgan fingerprint density at radius 3 is 1.96 bits per heavy atom. The van der Waals surface area contributed by atoms with Gasteiger partial charge in [0.2, 0.25) is 5.90 Å². The Morgan fingerprint density at radius 2 is 1.41 bits per heavy atom. The third-order valence-corrected chi connectivity index (χ3v) is 7.25. The first kappa shape index (κ1) is 17.9. The molecular weight excluding hydrogens is 349 g/mol. The predicted octanol–water partition coefficient (Wildman–Crippen LogP) is 4.25. The summed E-state index contributed by atoms with van der Waals surface area (Å²) in [6.45, 7) is 5.07. The van der Waals surface area contributed by atoms with Gasteiger partial charge in [0.15, 0.2) is 0 Å². The van der Waals surface area contributed by atoms with Crippen LogP contribution in [0.1, 0.15) is 19.4 Å². The van der Waals surface area contributed by atoms with Crippen LogP contribution >= 0.6 is 7.92 Å². The van der Waals surface area contributed by atoms with E-state index < -0.39 is 7.92 Å². The van der Waals surface area contributed by atoms with Crippen LogP contribution in [0.5, 0.6) is 0 Å². The summed E-state index contributed by atoms with van der Waals surface area (Å²) in [5.74, 6) is 1.28. The van der Waals surface area contributed by atoms with E-state index in [9.17, 15) is 0 Å². The van der Waals surface area contributed by atoms with Crippen LogP contribution in [0.2, 0.25) is 0 Å². The fourth-order valence-electron chi connectivity index (χ4n) is 3.27. The lowest BCUT2D eigenvalue weighted by Gasteiger charge is -2.20. The lowest BCUT2D eigenvalue weighted by atomic mass is 10.1. The second-order valence-electron chi connectivity index (χ2n) is 7.11. The van der Waals surface area contributed by atoms with Crippen LogP contribution in [-0.4, -0.2) is 18.5 Å². The molecule has 1 aliphatic heterocycles. The maximum Gasteiger partial charge on any atom is 0.216 e. The van der Waals surface area contributed by atoms with E-state index in [2.05, 4.69) is 98.8 Å². The first-order chi connectivity index (χ1) is 13.2. The van der Waals surface area contributed by atoms with Gasteiger partial charge in [-0.2, -0.15) is 0 Å². The first-order valence-corrected chi connectivity index (χ1v) is 10.8. The lowest BCUT2D eigenvalue weighted by Crippen LogP contribution is -2.21. The summed E-state index contributed by atoms with van der Waals surface area (Å²) in [7, 11) is -0.611. The summed E-state index contributed by atoms with van der Waals surface area (Å²) in [6.07, 6.45) is 0. The molecule has 0 N–H and O–H groups in total. The molecule has 27 heavy (non-hydrogen) atoms. The Hall–Kier alpha value is -2.44. The van der Waals surface area contributed by atoms with Crippen LogP contribution in [0, 0.1) is 5.92 Å². The van der Waals surface area contributed by atoms with Gasteiger partial charge >= 0.3 is 0 Å². The van der Waals surface area contributed by atoms with Gasteiger partial charge in [-0.15, -0.1) is 0 Å². The molecule has 0 spiro atoms. The molecule has 1 aliphatic rings. The van der Waals surface area contributed by atoms with E-state index in [1.807, 2.05) is 0 Å². The fourth-order valence-corrected chi connectivity index (χ4v) is 5.61.